The van der Waals surface area contributed by atoms with E-state index in [9.17, 15) is 4.79 Å². The topological polar surface area (TPSA) is 30.0 Å². The molecule has 0 saturated carbocycles. The Morgan fingerprint density at radius 3 is 3.08 bits per heavy atom. The van der Waals surface area contributed by atoms with E-state index in [-0.39, 0.29) is 0 Å². The SMILES string of the molecule is O=Cc1sc2cnccc2c1Br. The van der Waals surface area contributed by atoms with Crippen LogP contribution in [0, 0.1) is 0 Å². The first-order valence-electron chi connectivity index (χ1n) is 3.30. The zero-order valence-corrected chi connectivity index (χ0v) is 8.35. The molecule has 60 valence electrons. The zero-order valence-electron chi connectivity index (χ0n) is 5.95. The predicted molar refractivity (Wildman–Crippen MR) is 52.7 cm³/mol. The zero-order chi connectivity index (χ0) is 8.55. The molecule has 2 heterocycles. The van der Waals surface area contributed by atoms with Gasteiger partial charge in [-0.15, -0.1) is 11.3 Å². The molecule has 0 amide bonds. The highest BCUT2D eigenvalue weighted by Gasteiger charge is 2.07. The van der Waals surface area contributed by atoms with E-state index < -0.39 is 0 Å². The molecule has 12 heavy (non-hydrogen) atoms. The van der Waals surface area contributed by atoms with E-state index in [1.807, 2.05) is 6.07 Å². The Kier molecular flexibility index (Phi) is 1.94. The fourth-order valence-electron chi connectivity index (χ4n) is 1.01. The third kappa shape index (κ3) is 1.07. The number of fused-ring (bicyclic) bond motifs is 1. The van der Waals surface area contributed by atoms with Crippen molar-refractivity contribution >= 4 is 43.6 Å². The lowest BCUT2D eigenvalue weighted by Gasteiger charge is -1.85. The Balaban J connectivity index is 2.87. The minimum absolute atomic E-state index is 0.720. The smallest absolute Gasteiger partial charge is 0.161 e. The van der Waals surface area contributed by atoms with E-state index in [0.29, 0.717) is 0 Å². The quantitative estimate of drug-likeness (QED) is 0.719. The van der Waals surface area contributed by atoms with E-state index in [4.69, 9.17) is 0 Å². The molecule has 0 unspecified atom stereocenters. The standard InChI is InChI=1S/C8H4BrNOS/c9-8-5-1-2-10-3-6(5)12-7(8)4-11/h1-4H. The van der Waals surface area contributed by atoms with Gasteiger partial charge in [-0.05, 0) is 22.0 Å². The molecule has 0 bridgehead atoms. The molecule has 0 radical (unpaired) electrons. The highest BCUT2D eigenvalue weighted by atomic mass is 79.9. The van der Waals surface area contributed by atoms with Gasteiger partial charge in [-0.3, -0.25) is 9.78 Å². The van der Waals surface area contributed by atoms with Crippen LogP contribution in [0.4, 0.5) is 0 Å². The van der Waals surface area contributed by atoms with Gasteiger partial charge in [0, 0.05) is 22.3 Å². The third-order valence-electron chi connectivity index (χ3n) is 1.56. The first-order valence-corrected chi connectivity index (χ1v) is 4.91. The van der Waals surface area contributed by atoms with Gasteiger partial charge >= 0.3 is 0 Å². The van der Waals surface area contributed by atoms with Crippen LogP contribution >= 0.6 is 27.3 Å². The summed E-state index contributed by atoms with van der Waals surface area (Å²) in [5.41, 5.74) is 0. The van der Waals surface area contributed by atoms with Gasteiger partial charge in [-0.25, -0.2) is 0 Å². The molecule has 4 heteroatoms. The van der Waals surface area contributed by atoms with Gasteiger partial charge in [-0.1, -0.05) is 0 Å². The minimum Gasteiger partial charge on any atom is -0.297 e. The molecule has 0 aromatic carbocycles. The lowest BCUT2D eigenvalue weighted by molar-refractivity contribution is 0.112. The third-order valence-corrected chi connectivity index (χ3v) is 3.75. The van der Waals surface area contributed by atoms with Crippen LogP contribution < -0.4 is 0 Å². The molecular formula is C8H4BrNOS. The summed E-state index contributed by atoms with van der Waals surface area (Å²) in [6, 6.07) is 1.89. The van der Waals surface area contributed by atoms with Crippen LogP contribution in [0.15, 0.2) is 22.9 Å². The number of thiophene rings is 1. The van der Waals surface area contributed by atoms with Crippen LogP contribution in [0.3, 0.4) is 0 Å². The van der Waals surface area contributed by atoms with Crippen molar-refractivity contribution in [3.63, 3.8) is 0 Å². The number of hydrogen-bond donors (Lipinski definition) is 0. The van der Waals surface area contributed by atoms with Crippen molar-refractivity contribution in [2.24, 2.45) is 0 Å². The van der Waals surface area contributed by atoms with Gasteiger partial charge in [-0.2, -0.15) is 0 Å². The predicted octanol–water partition coefficient (Wildman–Crippen LogP) is 2.87. The Morgan fingerprint density at radius 1 is 1.58 bits per heavy atom. The summed E-state index contributed by atoms with van der Waals surface area (Å²) >= 11 is 4.81. The van der Waals surface area contributed by atoms with E-state index in [1.54, 1.807) is 12.4 Å². The van der Waals surface area contributed by atoms with Gasteiger partial charge < -0.3 is 0 Å². The Labute approximate surface area is 81.4 Å². The number of carbonyl (C=O) groups excluding carboxylic acids is 1. The second-order valence-corrected chi connectivity index (χ2v) is 4.15. The molecule has 2 aromatic heterocycles. The van der Waals surface area contributed by atoms with Gasteiger partial charge in [0.2, 0.25) is 0 Å². The van der Waals surface area contributed by atoms with E-state index in [1.165, 1.54) is 11.3 Å². The summed E-state index contributed by atoms with van der Waals surface area (Å²) in [6.07, 6.45) is 4.33. The maximum absolute atomic E-state index is 10.6. The van der Waals surface area contributed by atoms with Crippen molar-refractivity contribution in [2.75, 3.05) is 0 Å². The van der Waals surface area contributed by atoms with Crippen LogP contribution in [0.25, 0.3) is 10.1 Å². The molecule has 0 fully saturated rings. The van der Waals surface area contributed by atoms with Crippen molar-refractivity contribution in [1.29, 1.82) is 0 Å². The van der Waals surface area contributed by atoms with Crippen molar-refractivity contribution in [2.45, 2.75) is 0 Å². The lowest BCUT2D eigenvalue weighted by Crippen LogP contribution is -1.70. The number of aldehydes is 1. The first-order chi connectivity index (χ1) is 5.83. The van der Waals surface area contributed by atoms with Crippen LogP contribution in [0.5, 0.6) is 0 Å². The Hall–Kier alpha value is -0.740. The normalized spacial score (nSPS) is 10.4. The summed E-state index contributed by atoms with van der Waals surface area (Å²) in [5, 5.41) is 1.05. The summed E-state index contributed by atoms with van der Waals surface area (Å²) in [5.74, 6) is 0. The summed E-state index contributed by atoms with van der Waals surface area (Å²) in [6.45, 7) is 0. The second kappa shape index (κ2) is 2.95. The fourth-order valence-corrected chi connectivity index (χ4v) is 2.71. The molecule has 0 saturated heterocycles. The van der Waals surface area contributed by atoms with Crippen LogP contribution in [0.2, 0.25) is 0 Å². The molecule has 0 aliphatic rings. The second-order valence-electron chi connectivity index (χ2n) is 2.27. The summed E-state index contributed by atoms with van der Waals surface area (Å²) < 4.78 is 1.91. The van der Waals surface area contributed by atoms with Crippen molar-refractivity contribution in [1.82, 2.24) is 4.98 Å². The fraction of sp³-hybridized carbons (Fsp3) is 0. The summed E-state index contributed by atoms with van der Waals surface area (Å²) in [4.78, 5) is 15.3. The molecule has 2 rings (SSSR count). The number of aromatic nitrogens is 1. The van der Waals surface area contributed by atoms with Gasteiger partial charge in [0.1, 0.15) is 0 Å². The average molecular weight is 242 g/mol. The first kappa shape index (κ1) is 7.89. The average Bonchev–Trinajstić information content (AvgIpc) is 2.44. The molecule has 0 aliphatic carbocycles. The monoisotopic (exact) mass is 241 g/mol. The minimum atomic E-state index is 0.720. The highest BCUT2D eigenvalue weighted by molar-refractivity contribution is 9.10. The molecule has 0 aliphatic heterocycles. The van der Waals surface area contributed by atoms with Crippen molar-refractivity contribution in [3.05, 3.63) is 27.8 Å². The maximum atomic E-state index is 10.6. The number of pyridine rings is 1. The largest absolute Gasteiger partial charge is 0.297 e. The number of rotatable bonds is 1. The van der Waals surface area contributed by atoms with Gasteiger partial charge in [0.15, 0.2) is 6.29 Å². The van der Waals surface area contributed by atoms with E-state index in [2.05, 4.69) is 20.9 Å². The van der Waals surface area contributed by atoms with Crippen LogP contribution in [0.1, 0.15) is 9.67 Å². The van der Waals surface area contributed by atoms with Crippen molar-refractivity contribution < 1.29 is 4.79 Å². The van der Waals surface area contributed by atoms with Crippen LogP contribution in [-0.4, -0.2) is 11.3 Å². The molecule has 0 spiro atoms. The molecule has 2 aromatic rings. The number of halogens is 1. The van der Waals surface area contributed by atoms with Gasteiger partial charge in [0.05, 0.1) is 9.58 Å². The van der Waals surface area contributed by atoms with Gasteiger partial charge in [0.25, 0.3) is 0 Å². The van der Waals surface area contributed by atoms with Crippen LogP contribution in [-0.2, 0) is 0 Å². The molecule has 2 nitrogen and oxygen atoms in total. The highest BCUT2D eigenvalue weighted by Crippen LogP contribution is 2.33. The summed E-state index contributed by atoms with van der Waals surface area (Å²) in [7, 11) is 0. The number of nitrogens with zero attached hydrogens (tertiary/aromatic N) is 1. The van der Waals surface area contributed by atoms with E-state index in [0.717, 1.165) is 25.7 Å². The maximum Gasteiger partial charge on any atom is 0.161 e. The lowest BCUT2D eigenvalue weighted by atomic mass is 10.3. The Morgan fingerprint density at radius 2 is 2.42 bits per heavy atom. The molecular weight excluding hydrogens is 238 g/mol. The number of hydrogen-bond acceptors (Lipinski definition) is 3. The molecule has 0 atom stereocenters. The Bertz CT molecular complexity index is 438. The van der Waals surface area contributed by atoms with E-state index >= 15 is 0 Å². The van der Waals surface area contributed by atoms with Crippen molar-refractivity contribution in [3.8, 4) is 0 Å². The number of carbonyl (C=O) groups is 1. The molecule has 0 N–H and O–H groups in total.